The molecule has 3 nitrogen and oxygen atoms in total. The van der Waals surface area contributed by atoms with Crippen molar-refractivity contribution < 1.29 is 0 Å². The van der Waals surface area contributed by atoms with Crippen molar-refractivity contribution in [3.8, 4) is 0 Å². The Bertz CT molecular complexity index is 91.3. The van der Waals surface area contributed by atoms with E-state index in [9.17, 15) is 0 Å². The fourth-order valence-corrected chi connectivity index (χ4v) is 0.513. The van der Waals surface area contributed by atoms with Crippen LogP contribution in [0.4, 0.5) is 0 Å². The number of nitrogens with one attached hydrogen (secondary N) is 2. The molecule has 0 heterocycles. The van der Waals surface area contributed by atoms with Crippen LogP contribution >= 0.6 is 0 Å². The van der Waals surface area contributed by atoms with Crippen molar-refractivity contribution in [1.82, 2.24) is 5.32 Å². The summed E-state index contributed by atoms with van der Waals surface area (Å²) >= 11 is 2.74. The first-order chi connectivity index (χ1) is 3.77. The van der Waals surface area contributed by atoms with Gasteiger partial charge in [-0.05, 0) is 0 Å². The van der Waals surface area contributed by atoms with Gasteiger partial charge in [-0.2, -0.15) is 0 Å². The van der Waals surface area contributed by atoms with E-state index in [1.54, 1.807) is 0 Å². The van der Waals surface area contributed by atoms with Crippen LogP contribution in [0, 0.1) is 5.41 Å². The number of hydrogen-bond acceptors (Lipinski definition) is 1. The van der Waals surface area contributed by atoms with Gasteiger partial charge in [0.15, 0.2) is 0 Å². The summed E-state index contributed by atoms with van der Waals surface area (Å²) in [7, 11) is 0. The Balaban J connectivity index is 2.93. The van der Waals surface area contributed by atoms with E-state index >= 15 is 0 Å². The average molecular weight is 178 g/mol. The zero-order valence-corrected chi connectivity index (χ0v) is 6.19. The Hall–Kier alpha value is -0.341. The van der Waals surface area contributed by atoms with Gasteiger partial charge >= 0.3 is 55.9 Å². The van der Waals surface area contributed by atoms with Crippen molar-refractivity contribution in [2.75, 3.05) is 6.54 Å². The number of hydrogen-bond donors (Lipinski definition) is 3. The van der Waals surface area contributed by atoms with Gasteiger partial charge in [-0.15, -0.1) is 0 Å². The van der Waals surface area contributed by atoms with Crippen LogP contribution in [0.2, 0.25) is 0 Å². The van der Waals surface area contributed by atoms with Crippen LogP contribution in [0.25, 0.3) is 0 Å². The first-order valence-corrected chi connectivity index (χ1v) is 3.28. The van der Waals surface area contributed by atoms with E-state index in [0.717, 1.165) is 13.0 Å². The van der Waals surface area contributed by atoms with Gasteiger partial charge in [0.05, 0.1) is 0 Å². The quantitative estimate of drug-likeness (QED) is 0.221. The molecule has 0 atom stereocenters. The normalized spacial score (nSPS) is 8.00. The van der Waals surface area contributed by atoms with Gasteiger partial charge in [-0.25, -0.2) is 0 Å². The molecule has 0 aliphatic heterocycles. The zero-order valence-electron chi connectivity index (χ0n) is 4.48. The summed E-state index contributed by atoms with van der Waals surface area (Å²) in [6, 6.07) is 0. The Labute approximate surface area is 56.5 Å². The second kappa shape index (κ2) is 4.81. The molecular formula is C4H9N3Se. The van der Waals surface area contributed by atoms with E-state index in [0.29, 0.717) is 0 Å². The summed E-state index contributed by atoms with van der Waals surface area (Å²) in [6.07, 6.45) is 0.902. The molecule has 4 heteroatoms. The molecule has 0 aromatic rings. The monoisotopic (exact) mass is 179 g/mol. The molecule has 0 aromatic carbocycles. The summed E-state index contributed by atoms with van der Waals surface area (Å²) < 4.78 is 0. The van der Waals surface area contributed by atoms with E-state index in [-0.39, 0.29) is 5.96 Å². The topological polar surface area (TPSA) is 61.9 Å². The predicted octanol–water partition coefficient (Wildman–Crippen LogP) is -1.17. The zero-order chi connectivity index (χ0) is 6.41. The molecule has 0 aliphatic carbocycles. The Morgan fingerprint density at radius 3 is 2.88 bits per heavy atom. The van der Waals surface area contributed by atoms with Crippen molar-refractivity contribution in [3.05, 3.63) is 0 Å². The predicted molar refractivity (Wildman–Crippen MR) is 36.4 cm³/mol. The molecule has 46 valence electrons. The van der Waals surface area contributed by atoms with Crippen LogP contribution in [0.1, 0.15) is 6.42 Å². The van der Waals surface area contributed by atoms with Crippen LogP contribution in [-0.2, 0) is 0 Å². The molecule has 4 N–H and O–H groups in total. The summed E-state index contributed by atoms with van der Waals surface area (Å²) in [6.45, 7) is 0.738. The molecule has 8 heavy (non-hydrogen) atoms. The van der Waals surface area contributed by atoms with Gasteiger partial charge in [-0.3, -0.25) is 0 Å². The van der Waals surface area contributed by atoms with Crippen molar-refractivity contribution in [2.24, 2.45) is 5.73 Å². The minimum absolute atomic E-state index is 0.0341. The van der Waals surface area contributed by atoms with E-state index < -0.39 is 0 Å². The minimum atomic E-state index is 0.0341. The molecule has 0 unspecified atom stereocenters. The second-order valence-electron chi connectivity index (χ2n) is 1.30. The van der Waals surface area contributed by atoms with Crippen LogP contribution in [0.5, 0.6) is 0 Å². The molecule has 0 spiro atoms. The molecular weight excluding hydrogens is 169 g/mol. The molecule has 0 aromatic heterocycles. The fourth-order valence-electron chi connectivity index (χ4n) is 0.266. The maximum absolute atomic E-state index is 6.72. The third-order valence-corrected chi connectivity index (χ3v) is 1.07. The second-order valence-corrected chi connectivity index (χ2v) is 2.00. The molecule has 0 saturated carbocycles. The van der Waals surface area contributed by atoms with Crippen LogP contribution in [0.3, 0.4) is 0 Å². The molecule has 0 rings (SSSR count). The standard InChI is InChI=1S/C4H9N3Se/c5-4(6)7-2-1-3-8/h3H,1-2H2,(H4,5,6,7). The Morgan fingerprint density at radius 1 is 1.88 bits per heavy atom. The molecule has 0 amide bonds. The molecule has 0 radical (unpaired) electrons. The number of nitrogens with two attached hydrogens (primary N) is 1. The van der Waals surface area contributed by atoms with Crippen LogP contribution < -0.4 is 11.1 Å². The van der Waals surface area contributed by atoms with Crippen molar-refractivity contribution in [1.29, 1.82) is 5.41 Å². The van der Waals surface area contributed by atoms with Crippen LogP contribution in [0.15, 0.2) is 0 Å². The first kappa shape index (κ1) is 7.66. The summed E-state index contributed by atoms with van der Waals surface area (Å²) in [5.41, 5.74) is 4.98. The van der Waals surface area contributed by atoms with E-state index in [1.165, 1.54) is 0 Å². The number of rotatable bonds is 3. The molecule has 0 fully saturated rings. The maximum atomic E-state index is 6.72. The molecule has 0 bridgehead atoms. The summed E-state index contributed by atoms with van der Waals surface area (Å²) in [5, 5.41) is 9.37. The van der Waals surface area contributed by atoms with Gasteiger partial charge < -0.3 is 0 Å². The first-order valence-electron chi connectivity index (χ1n) is 2.29. The number of guanidine groups is 1. The van der Waals surface area contributed by atoms with Crippen molar-refractivity contribution in [2.45, 2.75) is 6.42 Å². The third-order valence-electron chi connectivity index (χ3n) is 0.578. The van der Waals surface area contributed by atoms with Gasteiger partial charge in [0.25, 0.3) is 0 Å². The third kappa shape index (κ3) is 5.66. The molecule has 0 aliphatic rings. The van der Waals surface area contributed by atoms with Crippen molar-refractivity contribution in [3.63, 3.8) is 0 Å². The van der Waals surface area contributed by atoms with Gasteiger partial charge in [0.1, 0.15) is 0 Å². The Morgan fingerprint density at radius 2 is 2.50 bits per heavy atom. The average Bonchev–Trinajstić information content (AvgIpc) is 1.66. The van der Waals surface area contributed by atoms with Crippen molar-refractivity contribution >= 4 is 26.5 Å². The molecule has 0 saturated heterocycles. The SMILES string of the molecule is N=C(N)NCCC=[Se]. The van der Waals surface area contributed by atoms with Gasteiger partial charge in [0.2, 0.25) is 0 Å². The van der Waals surface area contributed by atoms with E-state index in [4.69, 9.17) is 11.1 Å². The summed E-state index contributed by atoms with van der Waals surface area (Å²) in [4.78, 5) is 1.90. The fraction of sp³-hybridized carbons (Fsp3) is 0.500. The van der Waals surface area contributed by atoms with Gasteiger partial charge in [-0.1, -0.05) is 0 Å². The van der Waals surface area contributed by atoms with Crippen LogP contribution in [-0.4, -0.2) is 33.0 Å². The van der Waals surface area contributed by atoms with Gasteiger partial charge in [0, 0.05) is 0 Å². The summed E-state index contributed by atoms with van der Waals surface area (Å²) in [5.74, 6) is 0.0341. The van der Waals surface area contributed by atoms with E-state index in [1.807, 2.05) is 4.92 Å². The Kier molecular flexibility index (Phi) is 4.60. The van der Waals surface area contributed by atoms with E-state index in [2.05, 4.69) is 20.9 Å².